The van der Waals surface area contributed by atoms with E-state index in [1.807, 2.05) is 0 Å². The first-order valence-corrected chi connectivity index (χ1v) is 8.40. The van der Waals surface area contributed by atoms with E-state index in [1.165, 1.54) is 38.8 Å². The van der Waals surface area contributed by atoms with Gasteiger partial charge in [0.2, 0.25) is 5.91 Å². The fourth-order valence-corrected chi connectivity index (χ4v) is 3.70. The highest BCUT2D eigenvalue weighted by molar-refractivity contribution is 5.83. The largest absolute Gasteiger partial charge is 0.352 e. The zero-order valence-electron chi connectivity index (χ0n) is 13.0. The second kappa shape index (κ2) is 7.41. The topological polar surface area (TPSA) is 58.4 Å². The monoisotopic (exact) mass is 281 g/mol. The quantitative estimate of drug-likeness (QED) is 0.757. The Morgan fingerprint density at radius 2 is 1.75 bits per heavy atom. The molecule has 0 spiro atoms. The van der Waals surface area contributed by atoms with Crippen molar-refractivity contribution in [3.63, 3.8) is 0 Å². The summed E-state index contributed by atoms with van der Waals surface area (Å²) in [6.45, 7) is 5.96. The molecule has 4 heteroatoms. The third-order valence-corrected chi connectivity index (χ3v) is 5.04. The van der Waals surface area contributed by atoms with Gasteiger partial charge < -0.3 is 16.0 Å². The number of likely N-dealkylation sites (tertiary alicyclic amines) is 1. The molecule has 1 aliphatic carbocycles. The molecular formula is C16H31N3O. The predicted molar refractivity (Wildman–Crippen MR) is 82.5 cm³/mol. The van der Waals surface area contributed by atoms with Crippen LogP contribution in [-0.4, -0.2) is 43.0 Å². The van der Waals surface area contributed by atoms with E-state index in [0.29, 0.717) is 6.54 Å². The van der Waals surface area contributed by atoms with Gasteiger partial charge in [-0.2, -0.15) is 0 Å². The molecule has 20 heavy (non-hydrogen) atoms. The van der Waals surface area contributed by atoms with Crippen molar-refractivity contribution in [2.45, 2.75) is 64.3 Å². The van der Waals surface area contributed by atoms with Gasteiger partial charge in [-0.15, -0.1) is 0 Å². The molecule has 4 nitrogen and oxygen atoms in total. The molecule has 1 aliphatic heterocycles. The molecule has 0 bridgehead atoms. The number of nitrogens with zero attached hydrogens (tertiary/aromatic N) is 1. The molecule has 1 saturated carbocycles. The summed E-state index contributed by atoms with van der Waals surface area (Å²) in [5.41, 5.74) is 5.68. The van der Waals surface area contributed by atoms with Gasteiger partial charge in [0.25, 0.3) is 0 Å². The normalized spacial score (nSPS) is 25.1. The van der Waals surface area contributed by atoms with E-state index in [-0.39, 0.29) is 17.4 Å². The first kappa shape index (κ1) is 15.8. The van der Waals surface area contributed by atoms with Gasteiger partial charge >= 0.3 is 0 Å². The van der Waals surface area contributed by atoms with Crippen LogP contribution < -0.4 is 11.1 Å². The lowest BCUT2D eigenvalue weighted by molar-refractivity contribution is -0.132. The second-order valence-electron chi connectivity index (χ2n) is 6.78. The van der Waals surface area contributed by atoms with E-state index < -0.39 is 0 Å². The minimum Gasteiger partial charge on any atom is -0.352 e. The van der Waals surface area contributed by atoms with Gasteiger partial charge in [0, 0.05) is 19.1 Å². The minimum atomic E-state index is -0.296. The van der Waals surface area contributed by atoms with Gasteiger partial charge in [0.05, 0.1) is 5.41 Å². The molecule has 3 N–H and O–H groups in total. The summed E-state index contributed by atoms with van der Waals surface area (Å²) in [4.78, 5) is 15.1. The first-order chi connectivity index (χ1) is 9.66. The lowest BCUT2D eigenvalue weighted by atomic mass is 9.79. The number of hydrogen-bond donors (Lipinski definition) is 2. The maximum absolute atomic E-state index is 12.7. The molecule has 0 aromatic rings. The summed E-state index contributed by atoms with van der Waals surface area (Å²) in [6, 6.07) is 0.229. The van der Waals surface area contributed by atoms with Crippen molar-refractivity contribution in [1.82, 2.24) is 10.2 Å². The van der Waals surface area contributed by atoms with Crippen molar-refractivity contribution >= 4 is 5.91 Å². The van der Waals surface area contributed by atoms with Crippen LogP contribution in [0.15, 0.2) is 0 Å². The molecule has 0 radical (unpaired) electrons. The fourth-order valence-electron chi connectivity index (χ4n) is 3.70. The molecule has 1 saturated heterocycles. The summed E-state index contributed by atoms with van der Waals surface area (Å²) < 4.78 is 0. The van der Waals surface area contributed by atoms with Crippen LogP contribution in [0.3, 0.4) is 0 Å². The number of hydrogen-bond acceptors (Lipinski definition) is 3. The number of rotatable bonds is 5. The van der Waals surface area contributed by atoms with Gasteiger partial charge in [-0.05, 0) is 45.7 Å². The smallest absolute Gasteiger partial charge is 0.227 e. The second-order valence-corrected chi connectivity index (χ2v) is 6.78. The zero-order valence-corrected chi connectivity index (χ0v) is 13.0. The number of carbonyl (C=O) groups is 1. The van der Waals surface area contributed by atoms with E-state index in [0.717, 1.165) is 32.2 Å². The minimum absolute atomic E-state index is 0.202. The lowest BCUT2D eigenvalue weighted by Crippen LogP contribution is -2.50. The highest BCUT2D eigenvalue weighted by Crippen LogP contribution is 2.34. The molecule has 1 amide bonds. The first-order valence-electron chi connectivity index (χ1n) is 8.40. The Balaban J connectivity index is 1.87. The Hall–Kier alpha value is -0.610. The van der Waals surface area contributed by atoms with Crippen molar-refractivity contribution in [3.05, 3.63) is 0 Å². The predicted octanol–water partition coefficient (Wildman–Crippen LogP) is 1.89. The Kier molecular flexibility index (Phi) is 5.85. The zero-order chi connectivity index (χ0) is 14.4. The highest BCUT2D eigenvalue weighted by atomic mass is 16.2. The third-order valence-electron chi connectivity index (χ3n) is 5.04. The van der Waals surface area contributed by atoms with Gasteiger partial charge in [-0.3, -0.25) is 4.79 Å². The lowest BCUT2D eigenvalue weighted by Gasteiger charge is -2.32. The standard InChI is InChI=1S/C16H31N3O/c1-14(12-19-10-6-7-11-19)18-15(20)16(13-17)8-4-2-3-5-9-16/h14H,2-13,17H2,1H3,(H,18,20). The number of amides is 1. The maximum Gasteiger partial charge on any atom is 0.227 e. The third kappa shape index (κ3) is 3.95. The van der Waals surface area contributed by atoms with Crippen molar-refractivity contribution < 1.29 is 4.79 Å². The van der Waals surface area contributed by atoms with Gasteiger partial charge in [0.1, 0.15) is 0 Å². The van der Waals surface area contributed by atoms with Crippen molar-refractivity contribution in [2.75, 3.05) is 26.2 Å². The molecule has 2 fully saturated rings. The van der Waals surface area contributed by atoms with Crippen molar-refractivity contribution in [1.29, 1.82) is 0 Å². The summed E-state index contributed by atoms with van der Waals surface area (Å²) >= 11 is 0. The van der Waals surface area contributed by atoms with Crippen LogP contribution in [0.1, 0.15) is 58.3 Å². The Morgan fingerprint density at radius 1 is 1.15 bits per heavy atom. The SMILES string of the molecule is CC(CN1CCCC1)NC(=O)C1(CN)CCCCCC1. The van der Waals surface area contributed by atoms with Crippen LogP contribution >= 0.6 is 0 Å². The van der Waals surface area contributed by atoms with Gasteiger partial charge in [0.15, 0.2) is 0 Å². The Bertz CT molecular complexity index is 305. The van der Waals surface area contributed by atoms with Crippen LogP contribution in [0.4, 0.5) is 0 Å². The molecule has 116 valence electrons. The number of carbonyl (C=O) groups excluding carboxylic acids is 1. The van der Waals surface area contributed by atoms with E-state index in [9.17, 15) is 4.79 Å². The molecule has 2 aliphatic rings. The molecule has 1 atom stereocenters. The van der Waals surface area contributed by atoms with Crippen LogP contribution in [0.2, 0.25) is 0 Å². The van der Waals surface area contributed by atoms with E-state index >= 15 is 0 Å². The van der Waals surface area contributed by atoms with Crippen molar-refractivity contribution in [3.8, 4) is 0 Å². The molecule has 1 heterocycles. The molecule has 1 unspecified atom stereocenters. The summed E-state index contributed by atoms with van der Waals surface area (Å²) in [7, 11) is 0. The Morgan fingerprint density at radius 3 is 2.30 bits per heavy atom. The van der Waals surface area contributed by atoms with Gasteiger partial charge in [-0.1, -0.05) is 25.7 Å². The van der Waals surface area contributed by atoms with Gasteiger partial charge in [-0.25, -0.2) is 0 Å². The number of nitrogens with one attached hydrogen (secondary N) is 1. The van der Waals surface area contributed by atoms with Crippen LogP contribution in [-0.2, 0) is 4.79 Å². The van der Waals surface area contributed by atoms with Crippen LogP contribution in [0.5, 0.6) is 0 Å². The summed E-state index contributed by atoms with van der Waals surface area (Å²) in [5, 5.41) is 3.24. The average molecular weight is 281 g/mol. The fraction of sp³-hybridized carbons (Fsp3) is 0.938. The van der Waals surface area contributed by atoms with Crippen LogP contribution in [0, 0.1) is 5.41 Å². The average Bonchev–Trinajstić information content (AvgIpc) is 2.80. The van der Waals surface area contributed by atoms with E-state index in [4.69, 9.17) is 5.73 Å². The van der Waals surface area contributed by atoms with Crippen molar-refractivity contribution in [2.24, 2.45) is 11.1 Å². The number of nitrogens with two attached hydrogens (primary N) is 1. The molecular weight excluding hydrogens is 250 g/mol. The Labute approximate surface area is 123 Å². The summed E-state index contributed by atoms with van der Waals surface area (Å²) in [6.07, 6.45) is 9.31. The van der Waals surface area contributed by atoms with E-state index in [1.54, 1.807) is 0 Å². The summed E-state index contributed by atoms with van der Waals surface area (Å²) in [5.74, 6) is 0.202. The van der Waals surface area contributed by atoms with E-state index in [2.05, 4.69) is 17.1 Å². The molecule has 2 rings (SSSR count). The maximum atomic E-state index is 12.7. The highest BCUT2D eigenvalue weighted by Gasteiger charge is 2.37. The van der Waals surface area contributed by atoms with Crippen LogP contribution in [0.25, 0.3) is 0 Å². The molecule has 0 aromatic heterocycles. The molecule has 0 aromatic carbocycles.